The van der Waals surface area contributed by atoms with Crippen molar-refractivity contribution in [2.24, 2.45) is 0 Å². The van der Waals surface area contributed by atoms with Crippen molar-refractivity contribution in [1.29, 1.82) is 0 Å². The normalized spacial score (nSPS) is 18.0. The van der Waals surface area contributed by atoms with Gasteiger partial charge in [0, 0.05) is 10.9 Å². The van der Waals surface area contributed by atoms with E-state index in [0.717, 1.165) is 5.56 Å². The van der Waals surface area contributed by atoms with Gasteiger partial charge in [-0.2, -0.15) is 0 Å². The Morgan fingerprint density at radius 1 is 1.21 bits per heavy atom. The number of hydrogen-bond acceptors (Lipinski definition) is 6. The van der Waals surface area contributed by atoms with Gasteiger partial charge < -0.3 is 13.9 Å². The van der Waals surface area contributed by atoms with Crippen LogP contribution in [0.2, 0.25) is 0 Å². The van der Waals surface area contributed by atoms with Crippen LogP contribution in [-0.2, 0) is 23.9 Å². The number of halogens is 1. The van der Waals surface area contributed by atoms with Crippen LogP contribution in [0.5, 0.6) is 0 Å². The number of carbonyl (C=O) groups is 3. The highest BCUT2D eigenvalue weighted by molar-refractivity contribution is 9.10. The van der Waals surface area contributed by atoms with Crippen molar-refractivity contribution in [2.75, 3.05) is 18.1 Å². The molecule has 2 heterocycles. The minimum Gasteiger partial charge on any atom is -0.469 e. The van der Waals surface area contributed by atoms with Gasteiger partial charge in [-0.3, -0.25) is 9.69 Å². The third-order valence-electron chi connectivity index (χ3n) is 4.89. The summed E-state index contributed by atoms with van der Waals surface area (Å²) in [5, 5.41) is 0. The van der Waals surface area contributed by atoms with Crippen LogP contribution in [0.15, 0.2) is 45.5 Å². The summed E-state index contributed by atoms with van der Waals surface area (Å²) in [6, 6.07) is 8.58. The molecule has 8 heteroatoms. The number of benzene rings is 1. The average Bonchev–Trinajstić information content (AvgIpc) is 3.29. The lowest BCUT2D eigenvalue weighted by Gasteiger charge is -2.37. The lowest BCUT2D eigenvalue weighted by Crippen LogP contribution is -2.62. The maximum Gasteiger partial charge on any atom is 0.345 e. The summed E-state index contributed by atoms with van der Waals surface area (Å²) >= 11 is 3.46. The second kappa shape index (κ2) is 8.41. The van der Waals surface area contributed by atoms with Crippen molar-refractivity contribution in [3.8, 4) is 0 Å². The average molecular weight is 464 g/mol. The Bertz CT molecular complexity index is 905. The Balaban J connectivity index is 2.29. The lowest BCUT2D eigenvalue weighted by molar-refractivity contribution is -0.165. The molecule has 1 unspecified atom stereocenters. The number of esters is 2. The molecule has 1 aromatic carbocycles. The van der Waals surface area contributed by atoms with Gasteiger partial charge >= 0.3 is 11.9 Å². The van der Waals surface area contributed by atoms with Crippen LogP contribution >= 0.6 is 15.9 Å². The molecule has 29 heavy (non-hydrogen) atoms. The van der Waals surface area contributed by atoms with Crippen LogP contribution < -0.4 is 4.90 Å². The van der Waals surface area contributed by atoms with Gasteiger partial charge in [-0.1, -0.05) is 6.07 Å². The van der Waals surface area contributed by atoms with Gasteiger partial charge in [-0.15, -0.1) is 0 Å². The Kier molecular flexibility index (Phi) is 6.12. The second-order valence-corrected chi connectivity index (χ2v) is 7.52. The SMILES string of the molecule is CCOC(=O)C1(C(=O)OCC)C(c2ccco2)CC(=O)N1c1ccc(C)cc1Br. The number of ether oxygens (including phenoxy) is 2. The third kappa shape index (κ3) is 3.46. The zero-order chi connectivity index (χ0) is 21.2. The first-order chi connectivity index (χ1) is 13.9. The number of aryl methyl sites for hydroxylation is 1. The van der Waals surface area contributed by atoms with Gasteiger partial charge in [0.25, 0.3) is 5.54 Å². The van der Waals surface area contributed by atoms with Crippen molar-refractivity contribution in [1.82, 2.24) is 0 Å². The Morgan fingerprint density at radius 3 is 2.38 bits per heavy atom. The van der Waals surface area contributed by atoms with E-state index < -0.39 is 29.3 Å². The van der Waals surface area contributed by atoms with Gasteiger partial charge in [-0.05, 0) is 66.5 Å². The van der Waals surface area contributed by atoms with E-state index in [4.69, 9.17) is 13.9 Å². The zero-order valence-corrected chi connectivity index (χ0v) is 18.0. The Morgan fingerprint density at radius 2 is 1.86 bits per heavy atom. The number of hydrogen-bond donors (Lipinski definition) is 0. The fourth-order valence-electron chi connectivity index (χ4n) is 3.71. The number of carbonyl (C=O) groups excluding carboxylic acids is 3. The first-order valence-electron chi connectivity index (χ1n) is 9.34. The second-order valence-electron chi connectivity index (χ2n) is 6.66. The predicted octanol–water partition coefficient (Wildman–Crippen LogP) is 3.74. The molecule has 7 nitrogen and oxygen atoms in total. The maximum absolute atomic E-state index is 13.3. The molecule has 1 fully saturated rings. The first kappa shape index (κ1) is 21.1. The van der Waals surface area contributed by atoms with Gasteiger partial charge in [0.1, 0.15) is 5.76 Å². The summed E-state index contributed by atoms with van der Waals surface area (Å²) in [5.41, 5.74) is -0.692. The van der Waals surface area contributed by atoms with Crippen LogP contribution in [0, 0.1) is 6.92 Å². The van der Waals surface area contributed by atoms with Crippen molar-refractivity contribution in [3.63, 3.8) is 0 Å². The molecule has 0 spiro atoms. The molecule has 0 bridgehead atoms. The molecular formula is C21H22BrNO6. The van der Waals surface area contributed by atoms with E-state index in [1.165, 1.54) is 11.2 Å². The third-order valence-corrected chi connectivity index (χ3v) is 5.52. The largest absolute Gasteiger partial charge is 0.469 e. The molecule has 1 atom stereocenters. The Hall–Kier alpha value is -2.61. The number of furan rings is 1. The minimum atomic E-state index is -2.03. The zero-order valence-electron chi connectivity index (χ0n) is 16.4. The molecule has 0 aliphatic carbocycles. The van der Waals surface area contributed by atoms with Crippen LogP contribution in [0.3, 0.4) is 0 Å². The van der Waals surface area contributed by atoms with Gasteiger partial charge in [0.15, 0.2) is 0 Å². The van der Waals surface area contributed by atoms with Gasteiger partial charge in [0.2, 0.25) is 5.91 Å². The fraction of sp³-hybridized carbons (Fsp3) is 0.381. The summed E-state index contributed by atoms with van der Waals surface area (Å²) in [6.07, 6.45) is 1.33. The van der Waals surface area contributed by atoms with E-state index in [2.05, 4.69) is 15.9 Å². The molecule has 0 N–H and O–H groups in total. The van der Waals surface area contributed by atoms with Crippen LogP contribution in [0.4, 0.5) is 5.69 Å². The van der Waals surface area contributed by atoms with Crippen LogP contribution in [-0.4, -0.2) is 36.6 Å². The molecule has 2 aromatic rings. The molecule has 154 valence electrons. The Labute approximate surface area is 177 Å². The molecule has 1 saturated heterocycles. The molecule has 1 aromatic heterocycles. The lowest BCUT2D eigenvalue weighted by atomic mass is 9.82. The monoisotopic (exact) mass is 463 g/mol. The maximum atomic E-state index is 13.3. The quantitative estimate of drug-likeness (QED) is 0.479. The van der Waals surface area contributed by atoms with Crippen molar-refractivity contribution in [2.45, 2.75) is 38.6 Å². The van der Waals surface area contributed by atoms with Gasteiger partial charge in [0.05, 0.1) is 31.1 Å². The number of amides is 1. The molecule has 0 saturated carbocycles. The topological polar surface area (TPSA) is 86.0 Å². The standard InChI is InChI=1S/C21H22BrNO6/c1-4-27-19(25)21(20(26)28-5-2)14(17-7-6-10-29-17)12-18(24)23(21)16-9-8-13(3)11-15(16)22/h6-11,14H,4-5,12H2,1-3H3. The van der Waals surface area contributed by atoms with E-state index in [1.54, 1.807) is 38.1 Å². The minimum absolute atomic E-state index is 0.0436. The van der Waals surface area contributed by atoms with Crippen molar-refractivity contribution in [3.05, 3.63) is 52.4 Å². The van der Waals surface area contributed by atoms with Crippen LogP contribution in [0.25, 0.3) is 0 Å². The summed E-state index contributed by atoms with van der Waals surface area (Å²) in [5.74, 6) is -2.66. The molecule has 1 amide bonds. The van der Waals surface area contributed by atoms with Crippen LogP contribution in [0.1, 0.15) is 37.5 Å². The summed E-state index contributed by atoms with van der Waals surface area (Å²) in [7, 11) is 0. The number of nitrogens with zero attached hydrogens (tertiary/aromatic N) is 1. The summed E-state index contributed by atoms with van der Waals surface area (Å²) < 4.78 is 16.7. The fourth-order valence-corrected chi connectivity index (χ4v) is 4.38. The van der Waals surface area contributed by atoms with Crippen molar-refractivity contribution >= 4 is 39.5 Å². The summed E-state index contributed by atoms with van der Waals surface area (Å²) in [4.78, 5) is 41.0. The highest BCUT2D eigenvalue weighted by Crippen LogP contribution is 2.48. The first-order valence-corrected chi connectivity index (χ1v) is 10.1. The van der Waals surface area contributed by atoms with E-state index in [1.807, 2.05) is 13.0 Å². The van der Waals surface area contributed by atoms with Gasteiger partial charge in [-0.25, -0.2) is 9.59 Å². The smallest absolute Gasteiger partial charge is 0.345 e. The van der Waals surface area contributed by atoms with E-state index in [0.29, 0.717) is 15.9 Å². The van der Waals surface area contributed by atoms with E-state index >= 15 is 0 Å². The highest BCUT2D eigenvalue weighted by atomic mass is 79.9. The predicted molar refractivity (Wildman–Crippen MR) is 108 cm³/mol. The van der Waals surface area contributed by atoms with Crippen molar-refractivity contribution < 1.29 is 28.3 Å². The van der Waals surface area contributed by atoms with E-state index in [9.17, 15) is 14.4 Å². The molecule has 1 aliphatic heterocycles. The molecule has 1 aliphatic rings. The molecule has 3 rings (SSSR count). The van der Waals surface area contributed by atoms with E-state index in [-0.39, 0.29) is 19.6 Å². The molecular weight excluding hydrogens is 442 g/mol. The molecule has 0 radical (unpaired) electrons. The summed E-state index contributed by atoms with van der Waals surface area (Å²) in [6.45, 7) is 5.27. The number of rotatable bonds is 6. The highest BCUT2D eigenvalue weighted by Gasteiger charge is 2.67. The number of anilines is 1.